The van der Waals surface area contributed by atoms with Crippen molar-refractivity contribution in [1.82, 2.24) is 0 Å². The Kier molecular flexibility index (Phi) is 3.41. The zero-order chi connectivity index (χ0) is 15.8. The summed E-state index contributed by atoms with van der Waals surface area (Å²) in [6.45, 7) is 0. The van der Waals surface area contributed by atoms with Gasteiger partial charge in [0.15, 0.2) is 0 Å². The number of fused-ring (bicyclic) bond motifs is 2. The smallest absolute Gasteiger partial charge is 0.0327 e. The first-order valence-corrected chi connectivity index (χ1v) is 8.25. The highest BCUT2D eigenvalue weighted by Gasteiger charge is 2.12. The Morgan fingerprint density at radius 1 is 0.696 bits per heavy atom. The average molecular weight is 357 g/mol. The lowest BCUT2D eigenvalue weighted by Gasteiger charge is -2.13. The summed E-state index contributed by atoms with van der Waals surface area (Å²) in [5.74, 6) is 2.85. The van der Waals surface area contributed by atoms with E-state index in [2.05, 4.69) is 88.6 Å². The van der Waals surface area contributed by atoms with Crippen LogP contribution in [-0.4, -0.2) is 0 Å². The van der Waals surface area contributed by atoms with Crippen molar-refractivity contribution < 1.29 is 0 Å². The molecule has 0 radical (unpaired) electrons. The lowest BCUT2D eigenvalue weighted by atomic mass is 9.90. The van der Waals surface area contributed by atoms with Gasteiger partial charge in [0.25, 0.3) is 0 Å². The maximum Gasteiger partial charge on any atom is 0.0327 e. The van der Waals surface area contributed by atoms with Gasteiger partial charge in [-0.2, -0.15) is 0 Å². The van der Waals surface area contributed by atoms with Gasteiger partial charge in [-0.25, -0.2) is 0 Å². The van der Waals surface area contributed by atoms with Crippen LogP contribution < -0.4 is 0 Å². The second-order valence-electron chi connectivity index (χ2n) is 5.49. The Morgan fingerprint density at radius 2 is 1.43 bits per heavy atom. The van der Waals surface area contributed by atoms with E-state index in [1.165, 1.54) is 27.1 Å². The van der Waals surface area contributed by atoms with Crippen molar-refractivity contribution in [3.63, 3.8) is 0 Å². The molecule has 0 aliphatic rings. The van der Waals surface area contributed by atoms with Crippen molar-refractivity contribution in [2.45, 2.75) is 0 Å². The minimum atomic E-state index is 0.927. The predicted octanol–water partition coefficient (Wildman–Crippen LogP) is 6.40. The quantitative estimate of drug-likeness (QED) is 0.346. The van der Waals surface area contributed by atoms with Crippen molar-refractivity contribution in [2.75, 3.05) is 0 Å². The van der Waals surface area contributed by atoms with Crippen LogP contribution in [0.25, 0.3) is 32.7 Å². The van der Waals surface area contributed by atoms with Crippen LogP contribution in [-0.2, 0) is 0 Å². The zero-order valence-electron chi connectivity index (χ0n) is 12.4. The SMILES string of the molecule is C#Cc1ccc2ccccc2c1-c1cccc2c(Br)cccc12. The minimum absolute atomic E-state index is 0.927. The van der Waals surface area contributed by atoms with Gasteiger partial charge < -0.3 is 0 Å². The van der Waals surface area contributed by atoms with E-state index in [9.17, 15) is 0 Å². The van der Waals surface area contributed by atoms with Crippen LogP contribution in [0.2, 0.25) is 0 Å². The van der Waals surface area contributed by atoms with E-state index in [1.807, 2.05) is 6.07 Å². The highest BCUT2D eigenvalue weighted by atomic mass is 79.9. The molecule has 4 aromatic rings. The summed E-state index contributed by atoms with van der Waals surface area (Å²) in [7, 11) is 0. The molecular weight excluding hydrogens is 344 g/mol. The van der Waals surface area contributed by atoms with E-state index in [0.29, 0.717) is 0 Å². The zero-order valence-corrected chi connectivity index (χ0v) is 14.0. The van der Waals surface area contributed by atoms with Gasteiger partial charge in [-0.05, 0) is 39.2 Å². The standard InChI is InChI=1S/C22H13Br/c1-2-15-13-14-16-7-3-4-8-17(16)22(15)20-11-5-10-19-18(20)9-6-12-21(19)23/h1,3-14H. The summed E-state index contributed by atoms with van der Waals surface area (Å²) in [4.78, 5) is 0. The van der Waals surface area contributed by atoms with E-state index >= 15 is 0 Å². The Morgan fingerprint density at radius 3 is 2.30 bits per heavy atom. The summed E-state index contributed by atoms with van der Waals surface area (Å²) in [5.41, 5.74) is 3.24. The molecule has 0 saturated carbocycles. The summed E-state index contributed by atoms with van der Waals surface area (Å²) >= 11 is 3.65. The van der Waals surface area contributed by atoms with Gasteiger partial charge in [0.2, 0.25) is 0 Å². The fraction of sp³-hybridized carbons (Fsp3) is 0. The van der Waals surface area contributed by atoms with Gasteiger partial charge in [-0.15, -0.1) is 6.42 Å². The van der Waals surface area contributed by atoms with Crippen LogP contribution in [0.5, 0.6) is 0 Å². The van der Waals surface area contributed by atoms with Crippen LogP contribution >= 0.6 is 15.9 Å². The highest BCUT2D eigenvalue weighted by molar-refractivity contribution is 9.10. The molecule has 0 heterocycles. The molecule has 1 heteroatoms. The third-order valence-corrected chi connectivity index (χ3v) is 4.91. The molecule has 0 fully saturated rings. The van der Waals surface area contributed by atoms with Crippen LogP contribution in [0.4, 0.5) is 0 Å². The van der Waals surface area contributed by atoms with Crippen molar-refractivity contribution >= 4 is 37.5 Å². The Hall–Kier alpha value is -2.56. The fourth-order valence-electron chi connectivity index (χ4n) is 3.17. The highest BCUT2D eigenvalue weighted by Crippen LogP contribution is 2.37. The molecule has 4 rings (SSSR count). The van der Waals surface area contributed by atoms with Crippen LogP contribution in [0.3, 0.4) is 0 Å². The Balaban J connectivity index is 2.19. The molecule has 4 aromatic carbocycles. The molecular formula is C22H13Br. The van der Waals surface area contributed by atoms with E-state index in [1.54, 1.807) is 0 Å². The minimum Gasteiger partial charge on any atom is -0.115 e. The maximum atomic E-state index is 5.79. The maximum absolute atomic E-state index is 5.79. The molecule has 0 spiro atoms. The van der Waals surface area contributed by atoms with Gasteiger partial charge in [0.1, 0.15) is 0 Å². The van der Waals surface area contributed by atoms with Crippen molar-refractivity contribution in [1.29, 1.82) is 0 Å². The third-order valence-electron chi connectivity index (χ3n) is 4.22. The molecule has 0 amide bonds. The molecule has 23 heavy (non-hydrogen) atoms. The fourth-order valence-corrected chi connectivity index (χ4v) is 3.67. The normalized spacial score (nSPS) is 10.8. The first-order valence-electron chi connectivity index (χ1n) is 7.45. The van der Waals surface area contributed by atoms with Crippen molar-refractivity contribution in [3.8, 4) is 23.5 Å². The van der Waals surface area contributed by atoms with E-state index < -0.39 is 0 Å². The van der Waals surface area contributed by atoms with Gasteiger partial charge in [-0.3, -0.25) is 0 Å². The van der Waals surface area contributed by atoms with Crippen LogP contribution in [0.1, 0.15) is 5.56 Å². The molecule has 0 bridgehead atoms. The Labute approximate surface area is 143 Å². The number of terminal acetylenes is 1. The summed E-state index contributed by atoms with van der Waals surface area (Å²) in [6, 6.07) is 25.2. The van der Waals surface area contributed by atoms with E-state index in [-0.39, 0.29) is 0 Å². The molecule has 0 aliphatic carbocycles. The van der Waals surface area contributed by atoms with E-state index in [4.69, 9.17) is 6.42 Å². The van der Waals surface area contributed by atoms with Crippen molar-refractivity contribution in [2.24, 2.45) is 0 Å². The largest absolute Gasteiger partial charge is 0.115 e. The van der Waals surface area contributed by atoms with Gasteiger partial charge >= 0.3 is 0 Å². The molecule has 0 unspecified atom stereocenters. The number of hydrogen-bond acceptors (Lipinski definition) is 0. The Bertz CT molecular complexity index is 1080. The second-order valence-corrected chi connectivity index (χ2v) is 6.35. The average Bonchev–Trinajstić information content (AvgIpc) is 2.61. The molecule has 108 valence electrons. The van der Waals surface area contributed by atoms with Gasteiger partial charge in [0.05, 0.1) is 0 Å². The van der Waals surface area contributed by atoms with Crippen LogP contribution in [0.15, 0.2) is 77.3 Å². The predicted molar refractivity (Wildman–Crippen MR) is 103 cm³/mol. The second kappa shape index (κ2) is 5.57. The van der Waals surface area contributed by atoms with Gasteiger partial charge in [-0.1, -0.05) is 82.5 Å². The van der Waals surface area contributed by atoms with Crippen LogP contribution in [0, 0.1) is 12.3 Å². The lowest BCUT2D eigenvalue weighted by Crippen LogP contribution is -1.89. The number of halogens is 1. The molecule has 0 nitrogen and oxygen atoms in total. The number of hydrogen-bond donors (Lipinski definition) is 0. The molecule has 0 atom stereocenters. The molecule has 0 N–H and O–H groups in total. The van der Waals surface area contributed by atoms with Crippen molar-refractivity contribution in [3.05, 3.63) is 82.8 Å². The first-order chi connectivity index (χ1) is 11.3. The third kappa shape index (κ3) is 2.23. The molecule has 0 aromatic heterocycles. The lowest BCUT2D eigenvalue weighted by molar-refractivity contribution is 1.64. The molecule has 0 saturated heterocycles. The summed E-state index contributed by atoms with van der Waals surface area (Å²) < 4.78 is 1.10. The molecule has 0 aliphatic heterocycles. The topological polar surface area (TPSA) is 0 Å². The van der Waals surface area contributed by atoms with Gasteiger partial charge in [0, 0.05) is 15.6 Å². The number of benzene rings is 4. The summed E-state index contributed by atoms with van der Waals surface area (Å²) in [5, 5.41) is 4.79. The summed E-state index contributed by atoms with van der Waals surface area (Å²) in [6.07, 6.45) is 5.79. The monoisotopic (exact) mass is 356 g/mol. The number of rotatable bonds is 1. The first kappa shape index (κ1) is 14.1. The van der Waals surface area contributed by atoms with E-state index in [0.717, 1.165) is 15.6 Å².